The number of thiazole rings is 1. The van der Waals surface area contributed by atoms with E-state index in [1.807, 2.05) is 13.0 Å². The number of nitrogens with zero attached hydrogens (tertiary/aromatic N) is 1. The van der Waals surface area contributed by atoms with E-state index in [2.05, 4.69) is 51.7 Å². The lowest BCUT2D eigenvalue weighted by molar-refractivity contribution is -0.130. The molecule has 0 aliphatic heterocycles. The summed E-state index contributed by atoms with van der Waals surface area (Å²) in [5, 5.41) is 4.03. The lowest BCUT2D eigenvalue weighted by Gasteiger charge is -2.26. The van der Waals surface area contributed by atoms with Gasteiger partial charge in [-0.25, -0.2) is 4.98 Å². The second-order valence-electron chi connectivity index (χ2n) is 9.20. The minimum Gasteiger partial charge on any atom is -0.353 e. The van der Waals surface area contributed by atoms with Gasteiger partial charge in [-0.2, -0.15) is 0 Å². The molecule has 33 heavy (non-hydrogen) atoms. The van der Waals surface area contributed by atoms with Crippen LogP contribution in [0.1, 0.15) is 83.2 Å². The van der Waals surface area contributed by atoms with Gasteiger partial charge in [-0.15, -0.1) is 11.3 Å². The lowest BCUT2D eigenvalue weighted by Crippen LogP contribution is -2.43. The Morgan fingerprint density at radius 2 is 1.91 bits per heavy atom. The number of carbonyl (C=O) groups excluding carboxylic acids is 3. The Balaban J connectivity index is 2.22. The molecule has 1 amide bonds. The van der Waals surface area contributed by atoms with E-state index >= 15 is 0 Å². The quantitative estimate of drug-likeness (QED) is 0.343. The Hall–Kier alpha value is -2.34. The zero-order chi connectivity index (χ0) is 24.5. The molecule has 0 bridgehead atoms. The van der Waals surface area contributed by atoms with Crippen molar-refractivity contribution in [3.05, 3.63) is 41.4 Å². The summed E-state index contributed by atoms with van der Waals surface area (Å²) >= 11 is 1.60. The molecule has 180 valence electrons. The third kappa shape index (κ3) is 7.88. The number of Topliss-reactive ketones (excluding diaryl/α,β-unsaturated/α-hetero) is 1. The summed E-state index contributed by atoms with van der Waals surface area (Å²) in [4.78, 5) is 42.1. The predicted molar refractivity (Wildman–Crippen MR) is 137 cm³/mol. The Morgan fingerprint density at radius 3 is 2.52 bits per heavy atom. The molecule has 0 radical (unpaired) electrons. The number of rotatable bonds is 14. The smallest absolute Gasteiger partial charge is 0.224 e. The molecule has 0 aliphatic rings. The molecule has 1 N–H and O–H groups in total. The molecule has 0 saturated heterocycles. The van der Waals surface area contributed by atoms with Crippen LogP contribution in [0.25, 0.3) is 10.2 Å². The van der Waals surface area contributed by atoms with Crippen LogP contribution in [0.2, 0.25) is 0 Å². The molecule has 2 aromatic rings. The molecular weight excluding hydrogens is 432 g/mol. The van der Waals surface area contributed by atoms with E-state index in [1.165, 1.54) is 11.6 Å². The van der Waals surface area contributed by atoms with Crippen molar-refractivity contribution in [2.75, 3.05) is 0 Å². The molecule has 1 heterocycles. The molecule has 0 fully saturated rings. The van der Waals surface area contributed by atoms with Crippen molar-refractivity contribution in [2.45, 2.75) is 85.1 Å². The monoisotopic (exact) mass is 470 g/mol. The zero-order valence-electron chi connectivity index (χ0n) is 20.6. The normalized spacial score (nSPS) is 14.1. The third-order valence-corrected chi connectivity index (χ3v) is 7.41. The first kappa shape index (κ1) is 26.9. The largest absolute Gasteiger partial charge is 0.353 e. The van der Waals surface area contributed by atoms with E-state index in [0.29, 0.717) is 31.6 Å². The number of nitrogens with one attached hydrogen (secondary N) is 1. The van der Waals surface area contributed by atoms with E-state index in [0.717, 1.165) is 21.6 Å². The number of aromatic nitrogens is 1. The Labute approximate surface area is 202 Å². The van der Waals surface area contributed by atoms with E-state index in [1.54, 1.807) is 11.3 Å². The Bertz CT molecular complexity index is 979. The van der Waals surface area contributed by atoms with Crippen LogP contribution in [0.4, 0.5) is 0 Å². The van der Waals surface area contributed by atoms with Crippen molar-refractivity contribution in [2.24, 2.45) is 11.8 Å². The zero-order valence-corrected chi connectivity index (χ0v) is 21.5. The van der Waals surface area contributed by atoms with Crippen LogP contribution in [0.15, 0.2) is 30.9 Å². The van der Waals surface area contributed by atoms with Crippen molar-refractivity contribution in [1.29, 1.82) is 0 Å². The fourth-order valence-electron chi connectivity index (χ4n) is 3.81. The molecule has 6 heteroatoms. The number of hydrogen-bond acceptors (Lipinski definition) is 5. The molecule has 1 aromatic heterocycles. The van der Waals surface area contributed by atoms with Gasteiger partial charge in [0, 0.05) is 31.7 Å². The second kappa shape index (κ2) is 12.8. The second-order valence-corrected chi connectivity index (χ2v) is 10.3. The fourth-order valence-corrected chi connectivity index (χ4v) is 4.90. The molecule has 0 aliphatic carbocycles. The number of benzene rings is 1. The highest BCUT2D eigenvalue weighted by atomic mass is 32.1. The van der Waals surface area contributed by atoms with E-state index in [-0.39, 0.29) is 35.9 Å². The lowest BCUT2D eigenvalue weighted by atomic mass is 9.91. The van der Waals surface area contributed by atoms with Crippen LogP contribution < -0.4 is 5.32 Å². The molecule has 5 nitrogen and oxygen atoms in total. The first-order chi connectivity index (χ1) is 15.7. The molecule has 2 rings (SSSR count). The summed E-state index contributed by atoms with van der Waals surface area (Å²) in [6.45, 7) is 13.8. The van der Waals surface area contributed by atoms with Crippen molar-refractivity contribution in [3.63, 3.8) is 0 Å². The standard InChI is InChI=1S/C27H38N2O3S/c1-7-18(6)23(13-11-21(30)8-2)29-27(32)20(14-22(31)9-3)16-26-28-24-12-10-19(17(4)5)15-25(24)33-26/h8,10,12,15,17-18,20,23H,2,7,9,11,13-14,16H2,1,3-6H3,(H,29,32)/t18-,20-,23+/m0/s1. The molecule has 3 atom stereocenters. The number of amides is 1. The van der Waals surface area contributed by atoms with Crippen LogP contribution in [-0.2, 0) is 20.8 Å². The highest BCUT2D eigenvalue weighted by Gasteiger charge is 2.27. The summed E-state index contributed by atoms with van der Waals surface area (Å²) < 4.78 is 1.11. The summed E-state index contributed by atoms with van der Waals surface area (Å²) in [6.07, 6.45) is 4.19. The maximum Gasteiger partial charge on any atom is 0.224 e. The minimum atomic E-state index is -0.468. The van der Waals surface area contributed by atoms with E-state index in [9.17, 15) is 14.4 Å². The van der Waals surface area contributed by atoms with Gasteiger partial charge in [-0.1, -0.05) is 53.7 Å². The van der Waals surface area contributed by atoms with Gasteiger partial charge in [0.2, 0.25) is 5.91 Å². The maximum atomic E-state index is 13.3. The predicted octanol–water partition coefficient (Wildman–Crippen LogP) is 6.01. The van der Waals surface area contributed by atoms with E-state index < -0.39 is 5.92 Å². The first-order valence-electron chi connectivity index (χ1n) is 12.0. The van der Waals surface area contributed by atoms with Gasteiger partial charge in [-0.3, -0.25) is 14.4 Å². The summed E-state index contributed by atoms with van der Waals surface area (Å²) in [7, 11) is 0. The average Bonchev–Trinajstić information content (AvgIpc) is 3.21. The SMILES string of the molecule is C=CC(=O)CC[C@@H](NC(=O)[C@@H](CC(=O)CC)Cc1nc2ccc(C(C)C)cc2s1)[C@@H](C)CC. The average molecular weight is 471 g/mol. The highest BCUT2D eigenvalue weighted by molar-refractivity contribution is 7.18. The fraction of sp³-hybridized carbons (Fsp3) is 0.556. The van der Waals surface area contributed by atoms with Crippen LogP contribution in [-0.4, -0.2) is 28.5 Å². The van der Waals surface area contributed by atoms with Crippen molar-refractivity contribution in [3.8, 4) is 0 Å². The number of allylic oxidation sites excluding steroid dienone is 1. The van der Waals surface area contributed by atoms with Crippen molar-refractivity contribution in [1.82, 2.24) is 10.3 Å². The minimum absolute atomic E-state index is 0.0227. The number of fused-ring (bicyclic) bond motifs is 1. The summed E-state index contributed by atoms with van der Waals surface area (Å²) in [5.74, 6) is 0.113. The van der Waals surface area contributed by atoms with Gasteiger partial charge >= 0.3 is 0 Å². The summed E-state index contributed by atoms with van der Waals surface area (Å²) in [5.41, 5.74) is 2.19. The Kier molecular flexibility index (Phi) is 10.4. The maximum absolute atomic E-state index is 13.3. The first-order valence-corrected chi connectivity index (χ1v) is 12.9. The van der Waals surface area contributed by atoms with Gasteiger partial charge in [-0.05, 0) is 42.0 Å². The van der Waals surface area contributed by atoms with E-state index in [4.69, 9.17) is 4.98 Å². The number of carbonyl (C=O) groups is 3. The number of hydrogen-bond donors (Lipinski definition) is 1. The topological polar surface area (TPSA) is 76.1 Å². The van der Waals surface area contributed by atoms with Gasteiger partial charge in [0.05, 0.1) is 21.1 Å². The van der Waals surface area contributed by atoms with Crippen LogP contribution in [0.3, 0.4) is 0 Å². The van der Waals surface area contributed by atoms with Gasteiger partial charge < -0.3 is 5.32 Å². The van der Waals surface area contributed by atoms with Gasteiger partial charge in [0.1, 0.15) is 5.78 Å². The highest BCUT2D eigenvalue weighted by Crippen LogP contribution is 2.28. The third-order valence-electron chi connectivity index (χ3n) is 6.37. The van der Waals surface area contributed by atoms with Crippen LogP contribution in [0.5, 0.6) is 0 Å². The molecule has 0 unspecified atom stereocenters. The van der Waals surface area contributed by atoms with Crippen molar-refractivity contribution < 1.29 is 14.4 Å². The van der Waals surface area contributed by atoms with Crippen LogP contribution >= 0.6 is 11.3 Å². The molecule has 0 spiro atoms. The molecule has 1 aromatic carbocycles. The number of ketones is 2. The Morgan fingerprint density at radius 1 is 1.18 bits per heavy atom. The van der Waals surface area contributed by atoms with Gasteiger partial charge in [0.25, 0.3) is 0 Å². The van der Waals surface area contributed by atoms with Crippen molar-refractivity contribution >= 4 is 39.0 Å². The molecule has 0 saturated carbocycles. The van der Waals surface area contributed by atoms with Gasteiger partial charge in [0.15, 0.2) is 5.78 Å². The molecular formula is C27H38N2O3S. The van der Waals surface area contributed by atoms with Crippen LogP contribution in [0, 0.1) is 11.8 Å². The summed E-state index contributed by atoms with van der Waals surface area (Å²) in [6, 6.07) is 6.19.